The molecule has 0 bridgehead atoms. The number of hydrogen-bond donors (Lipinski definition) is 3. The largest absolute Gasteiger partial charge is 0.394 e. The lowest BCUT2D eigenvalue weighted by Crippen LogP contribution is -2.45. The van der Waals surface area contributed by atoms with Gasteiger partial charge in [-0.3, -0.25) is 4.79 Å². The summed E-state index contributed by atoms with van der Waals surface area (Å²) >= 11 is 0. The molecule has 0 radical (unpaired) electrons. The van der Waals surface area contributed by atoms with Crippen molar-refractivity contribution in [2.24, 2.45) is 0 Å². The van der Waals surface area contributed by atoms with Gasteiger partial charge in [-0.2, -0.15) is 0 Å². The van der Waals surface area contributed by atoms with Gasteiger partial charge in [-0.25, -0.2) is 0 Å². The quantitative estimate of drug-likeness (QED) is 0.0420. The van der Waals surface area contributed by atoms with Crippen LogP contribution in [0.2, 0.25) is 0 Å². The second kappa shape index (κ2) is 70.3. The number of aliphatic hydroxyl groups excluding tert-OH is 2. The Kier molecular flexibility index (Phi) is 67.7. The number of allylic oxidation sites excluding steroid dienone is 17. The lowest BCUT2D eigenvalue weighted by Gasteiger charge is -2.20. The first-order chi connectivity index (χ1) is 39.7. The zero-order valence-electron chi connectivity index (χ0n) is 53.3. The standard InChI is InChI=1S/C76H135NO3/c1-3-5-7-9-11-13-15-17-19-21-23-25-27-29-31-33-35-36-37-38-39-40-42-44-46-48-50-52-54-56-58-60-62-64-66-68-70-72-76(80)77-74(73-78)75(79)71-69-67-65-63-61-59-57-55-53-51-49-47-45-43-41-34-32-30-28-26-24-22-20-18-16-14-12-10-8-6-4-2/h5,7,11,13,17,19,23,25,29,31,35-36,38-39,42,44,69,71,74-75,78-79H,3-4,6,8-10,12,14-16,18,20-22,24,26-28,30,32-34,37,40-41,43,45-68,70,72-73H2,1-2H3,(H,77,80)/b7-5-,13-11-,19-17-,25-23-,31-29-,36-35-,39-38-,44-42-,71-69+. The highest BCUT2D eigenvalue weighted by molar-refractivity contribution is 5.76. The third kappa shape index (κ3) is 65.9. The third-order valence-corrected chi connectivity index (χ3v) is 15.8. The van der Waals surface area contributed by atoms with Crippen LogP contribution in [0, 0.1) is 0 Å². The molecule has 1 amide bonds. The van der Waals surface area contributed by atoms with Crippen molar-refractivity contribution in [2.45, 2.75) is 360 Å². The van der Waals surface area contributed by atoms with Gasteiger partial charge in [0.05, 0.1) is 18.8 Å². The second-order valence-corrected chi connectivity index (χ2v) is 23.6. The minimum atomic E-state index is -0.848. The fourth-order valence-electron chi connectivity index (χ4n) is 10.5. The summed E-state index contributed by atoms with van der Waals surface area (Å²) in [7, 11) is 0. The van der Waals surface area contributed by atoms with Crippen molar-refractivity contribution in [1.29, 1.82) is 0 Å². The SMILES string of the molecule is CC/C=C\C/C=C\C/C=C\C/C=C\C/C=C\C/C=C\C/C=C\C/C=C\CCCCCCCCCCCCCCC(=O)NC(CO)C(O)/C=C/CCCCCCCCCCCCCCCCCCCCCCCCCCCCCCC. The van der Waals surface area contributed by atoms with Crippen LogP contribution in [0.25, 0.3) is 0 Å². The van der Waals surface area contributed by atoms with Gasteiger partial charge in [0, 0.05) is 6.42 Å². The molecule has 0 aliphatic heterocycles. The zero-order chi connectivity index (χ0) is 57.6. The number of rotatable bonds is 64. The molecular formula is C76H135NO3. The van der Waals surface area contributed by atoms with E-state index in [4.69, 9.17) is 0 Å². The maximum atomic E-state index is 12.5. The monoisotopic (exact) mass is 1110 g/mol. The molecule has 0 aliphatic carbocycles. The first-order valence-corrected chi connectivity index (χ1v) is 35.1. The van der Waals surface area contributed by atoms with Gasteiger partial charge in [-0.1, -0.05) is 367 Å². The molecule has 0 fully saturated rings. The lowest BCUT2D eigenvalue weighted by molar-refractivity contribution is -0.123. The van der Waals surface area contributed by atoms with Crippen LogP contribution in [0.4, 0.5) is 0 Å². The van der Waals surface area contributed by atoms with E-state index in [-0.39, 0.29) is 12.5 Å². The zero-order valence-corrected chi connectivity index (χ0v) is 53.3. The lowest BCUT2D eigenvalue weighted by atomic mass is 10.0. The molecule has 0 saturated heterocycles. The van der Waals surface area contributed by atoms with E-state index in [1.54, 1.807) is 6.08 Å². The summed E-state index contributed by atoms with van der Waals surface area (Å²) in [5, 5.41) is 23.3. The van der Waals surface area contributed by atoms with Crippen molar-refractivity contribution in [3.63, 3.8) is 0 Å². The molecule has 2 unspecified atom stereocenters. The van der Waals surface area contributed by atoms with Crippen molar-refractivity contribution in [1.82, 2.24) is 5.32 Å². The smallest absolute Gasteiger partial charge is 0.220 e. The van der Waals surface area contributed by atoms with Crippen molar-refractivity contribution in [3.05, 3.63) is 109 Å². The minimum Gasteiger partial charge on any atom is -0.394 e. The number of carbonyl (C=O) groups excluding carboxylic acids is 1. The van der Waals surface area contributed by atoms with E-state index in [1.165, 1.54) is 250 Å². The van der Waals surface area contributed by atoms with Crippen molar-refractivity contribution >= 4 is 5.91 Å². The predicted molar refractivity (Wildman–Crippen MR) is 359 cm³/mol. The Morgan fingerprint density at radius 1 is 0.312 bits per heavy atom. The molecule has 0 heterocycles. The fraction of sp³-hybridized carbons (Fsp3) is 0.750. The van der Waals surface area contributed by atoms with E-state index in [1.807, 2.05) is 6.08 Å². The van der Waals surface area contributed by atoms with E-state index in [2.05, 4.69) is 116 Å². The van der Waals surface area contributed by atoms with Gasteiger partial charge in [-0.15, -0.1) is 0 Å². The average molecular weight is 1110 g/mol. The molecule has 0 rings (SSSR count). The highest BCUT2D eigenvalue weighted by Crippen LogP contribution is 2.18. The summed E-state index contributed by atoms with van der Waals surface area (Å²) in [6.45, 7) is 4.22. The van der Waals surface area contributed by atoms with Crippen LogP contribution in [-0.4, -0.2) is 34.9 Å². The maximum Gasteiger partial charge on any atom is 0.220 e. The number of unbranched alkanes of at least 4 members (excludes halogenated alkanes) is 41. The van der Waals surface area contributed by atoms with Gasteiger partial charge in [0.2, 0.25) is 5.91 Å². The molecular weight excluding hydrogens is 975 g/mol. The topological polar surface area (TPSA) is 69.6 Å². The molecule has 4 nitrogen and oxygen atoms in total. The summed E-state index contributed by atoms with van der Waals surface area (Å²) in [6, 6.07) is -0.632. The predicted octanol–water partition coefficient (Wildman–Crippen LogP) is 24.2. The maximum absolute atomic E-state index is 12.5. The van der Waals surface area contributed by atoms with Gasteiger partial charge in [-0.05, 0) is 83.5 Å². The van der Waals surface area contributed by atoms with Crippen LogP contribution in [0.3, 0.4) is 0 Å². The average Bonchev–Trinajstić information content (AvgIpc) is 3.46. The summed E-state index contributed by atoms with van der Waals surface area (Å²) in [4.78, 5) is 12.5. The number of carbonyl (C=O) groups is 1. The van der Waals surface area contributed by atoms with Crippen molar-refractivity contribution < 1.29 is 15.0 Å². The molecule has 0 spiro atoms. The van der Waals surface area contributed by atoms with Crippen LogP contribution < -0.4 is 5.32 Å². The Labute approximate surface area is 499 Å². The van der Waals surface area contributed by atoms with E-state index >= 15 is 0 Å². The molecule has 462 valence electrons. The van der Waals surface area contributed by atoms with E-state index < -0.39 is 12.1 Å². The molecule has 0 saturated carbocycles. The molecule has 3 N–H and O–H groups in total. The third-order valence-electron chi connectivity index (χ3n) is 15.8. The summed E-state index contributed by atoms with van der Waals surface area (Å²) < 4.78 is 0. The number of aliphatic hydroxyl groups is 2. The Morgan fingerprint density at radius 3 is 0.825 bits per heavy atom. The fourth-order valence-corrected chi connectivity index (χ4v) is 10.5. The number of amides is 1. The molecule has 0 aromatic heterocycles. The number of hydrogen-bond acceptors (Lipinski definition) is 3. The Balaban J connectivity index is 3.51. The van der Waals surface area contributed by atoms with E-state index in [9.17, 15) is 15.0 Å². The molecule has 0 aliphatic rings. The van der Waals surface area contributed by atoms with Crippen LogP contribution in [0.1, 0.15) is 348 Å². The van der Waals surface area contributed by atoms with E-state index in [0.29, 0.717) is 6.42 Å². The first kappa shape index (κ1) is 77.0. The van der Waals surface area contributed by atoms with Crippen LogP contribution in [-0.2, 0) is 4.79 Å². The van der Waals surface area contributed by atoms with Crippen molar-refractivity contribution in [2.75, 3.05) is 6.61 Å². The minimum absolute atomic E-state index is 0.0658. The van der Waals surface area contributed by atoms with Gasteiger partial charge >= 0.3 is 0 Å². The Hall–Kier alpha value is -2.95. The molecule has 4 heteroatoms. The van der Waals surface area contributed by atoms with Gasteiger partial charge in [0.25, 0.3) is 0 Å². The van der Waals surface area contributed by atoms with Crippen LogP contribution in [0.5, 0.6) is 0 Å². The molecule has 0 aromatic rings. The summed E-state index contributed by atoms with van der Waals surface area (Å²) in [5.41, 5.74) is 0. The summed E-state index contributed by atoms with van der Waals surface area (Å²) in [5.74, 6) is -0.0658. The van der Waals surface area contributed by atoms with Gasteiger partial charge in [0.15, 0.2) is 0 Å². The Morgan fingerprint density at radius 2 is 0.550 bits per heavy atom. The van der Waals surface area contributed by atoms with Gasteiger partial charge < -0.3 is 15.5 Å². The first-order valence-electron chi connectivity index (χ1n) is 35.1. The molecule has 0 aromatic carbocycles. The Bertz CT molecular complexity index is 1490. The van der Waals surface area contributed by atoms with Crippen molar-refractivity contribution in [3.8, 4) is 0 Å². The second-order valence-electron chi connectivity index (χ2n) is 23.6. The number of nitrogens with one attached hydrogen (secondary N) is 1. The molecule has 80 heavy (non-hydrogen) atoms. The van der Waals surface area contributed by atoms with E-state index in [0.717, 1.165) is 77.0 Å². The van der Waals surface area contributed by atoms with Crippen LogP contribution in [0.15, 0.2) is 109 Å². The normalized spacial score (nSPS) is 13.4. The highest BCUT2D eigenvalue weighted by Gasteiger charge is 2.18. The summed E-state index contributed by atoms with van der Waals surface area (Å²) in [6.07, 6.45) is 106. The van der Waals surface area contributed by atoms with Crippen LogP contribution >= 0.6 is 0 Å². The van der Waals surface area contributed by atoms with Gasteiger partial charge in [0.1, 0.15) is 0 Å². The highest BCUT2D eigenvalue weighted by atomic mass is 16.3. The molecule has 2 atom stereocenters.